The monoisotopic (exact) mass is 400 g/mol. The van der Waals surface area contributed by atoms with Crippen molar-refractivity contribution < 1.29 is 14.7 Å². The van der Waals surface area contributed by atoms with Crippen LogP contribution < -0.4 is 0 Å². The first kappa shape index (κ1) is 23.0. The summed E-state index contributed by atoms with van der Waals surface area (Å²) in [6.45, 7) is 0. The summed E-state index contributed by atoms with van der Waals surface area (Å²) in [6, 6.07) is 5.74. The molecule has 3 nitrogen and oxygen atoms in total. The van der Waals surface area contributed by atoms with Crippen molar-refractivity contribution in [1.29, 1.82) is 0 Å². The number of hydrogen-bond acceptors (Lipinski definition) is 2. The van der Waals surface area contributed by atoms with Crippen LogP contribution in [0.5, 0.6) is 0 Å². The van der Waals surface area contributed by atoms with Crippen molar-refractivity contribution in [3.63, 3.8) is 0 Å². The maximum Gasteiger partial charge on any atom is 0.303 e. The standard InChI is InChI=1S/C21H30Cl2O3/c22-19-15-14-17(16-20(19)23)10-6-5-8-12-18(24)11-7-3-1-2-4-9-13-21(25)26/h14-16H,1-13H2,(H,25,26). The van der Waals surface area contributed by atoms with Crippen LogP contribution >= 0.6 is 23.2 Å². The third-order valence-electron chi connectivity index (χ3n) is 4.50. The van der Waals surface area contributed by atoms with Gasteiger partial charge in [0.1, 0.15) is 5.78 Å². The van der Waals surface area contributed by atoms with Crippen LogP contribution in [0, 0.1) is 0 Å². The van der Waals surface area contributed by atoms with Crippen LogP contribution in [0.25, 0.3) is 0 Å². The second-order valence-electron chi connectivity index (χ2n) is 6.86. The highest BCUT2D eigenvalue weighted by molar-refractivity contribution is 6.42. The zero-order valence-electron chi connectivity index (χ0n) is 15.4. The lowest BCUT2D eigenvalue weighted by atomic mass is 10.0. The van der Waals surface area contributed by atoms with Crippen LogP contribution in [0.15, 0.2) is 18.2 Å². The van der Waals surface area contributed by atoms with Crippen molar-refractivity contribution in [2.45, 2.75) is 83.5 Å². The van der Waals surface area contributed by atoms with Gasteiger partial charge in [-0.1, -0.05) is 61.4 Å². The van der Waals surface area contributed by atoms with E-state index in [1.165, 1.54) is 5.56 Å². The molecule has 0 aliphatic carbocycles. The fourth-order valence-corrected chi connectivity index (χ4v) is 3.27. The Bertz CT molecular complexity index is 558. The molecule has 0 saturated carbocycles. The number of hydrogen-bond donors (Lipinski definition) is 1. The highest BCUT2D eigenvalue weighted by atomic mass is 35.5. The highest BCUT2D eigenvalue weighted by Crippen LogP contribution is 2.23. The third-order valence-corrected chi connectivity index (χ3v) is 5.24. The van der Waals surface area contributed by atoms with Crippen LogP contribution in [0.3, 0.4) is 0 Å². The van der Waals surface area contributed by atoms with Crippen LogP contribution in [0.2, 0.25) is 10.0 Å². The van der Waals surface area contributed by atoms with Gasteiger partial charge < -0.3 is 5.11 Å². The van der Waals surface area contributed by atoms with E-state index >= 15 is 0 Å². The van der Waals surface area contributed by atoms with Crippen molar-refractivity contribution >= 4 is 35.0 Å². The number of ketones is 1. The molecule has 1 N–H and O–H groups in total. The number of carbonyl (C=O) groups excluding carboxylic acids is 1. The number of halogens is 2. The van der Waals surface area contributed by atoms with E-state index in [4.69, 9.17) is 28.3 Å². The van der Waals surface area contributed by atoms with E-state index in [-0.39, 0.29) is 6.42 Å². The van der Waals surface area contributed by atoms with Gasteiger partial charge in [0.25, 0.3) is 0 Å². The molecule has 0 unspecified atom stereocenters. The van der Waals surface area contributed by atoms with E-state index in [1.807, 2.05) is 18.2 Å². The van der Waals surface area contributed by atoms with Gasteiger partial charge in [0.15, 0.2) is 0 Å². The number of aliphatic carboxylic acids is 1. The van der Waals surface area contributed by atoms with E-state index in [0.29, 0.717) is 28.7 Å². The molecule has 0 heterocycles. The third kappa shape index (κ3) is 11.5. The first-order valence-electron chi connectivity index (χ1n) is 9.66. The Kier molecular flexibility index (Phi) is 12.4. The molecule has 5 heteroatoms. The number of Topliss-reactive ketones (excluding diaryl/α,β-unsaturated/α-hetero) is 1. The Balaban J connectivity index is 1.93. The van der Waals surface area contributed by atoms with Crippen molar-refractivity contribution in [1.82, 2.24) is 0 Å². The Morgan fingerprint density at radius 1 is 0.731 bits per heavy atom. The normalized spacial score (nSPS) is 10.8. The summed E-state index contributed by atoms with van der Waals surface area (Å²) in [4.78, 5) is 22.3. The molecule has 1 aromatic carbocycles. The molecule has 0 atom stereocenters. The molecule has 0 aliphatic rings. The topological polar surface area (TPSA) is 54.4 Å². The second kappa shape index (κ2) is 14.1. The number of rotatable bonds is 15. The number of carbonyl (C=O) groups is 2. The van der Waals surface area contributed by atoms with Crippen LogP contribution in [-0.2, 0) is 16.0 Å². The molecular weight excluding hydrogens is 371 g/mol. The van der Waals surface area contributed by atoms with Gasteiger partial charge in [0.2, 0.25) is 0 Å². The van der Waals surface area contributed by atoms with E-state index in [0.717, 1.165) is 64.2 Å². The Labute approximate surface area is 167 Å². The van der Waals surface area contributed by atoms with E-state index < -0.39 is 5.97 Å². The van der Waals surface area contributed by atoms with Crippen LogP contribution in [-0.4, -0.2) is 16.9 Å². The molecule has 1 aromatic rings. The minimum absolute atomic E-state index is 0.267. The Hall–Kier alpha value is -1.06. The van der Waals surface area contributed by atoms with Gasteiger partial charge in [-0.25, -0.2) is 0 Å². The summed E-state index contributed by atoms with van der Waals surface area (Å²) < 4.78 is 0. The lowest BCUT2D eigenvalue weighted by molar-refractivity contribution is -0.137. The number of carboxylic acid groups (broad SMARTS) is 1. The fraction of sp³-hybridized carbons (Fsp3) is 0.619. The van der Waals surface area contributed by atoms with E-state index in [9.17, 15) is 9.59 Å². The van der Waals surface area contributed by atoms with Crippen LogP contribution in [0.1, 0.15) is 82.6 Å². The summed E-state index contributed by atoms with van der Waals surface area (Å²) in [7, 11) is 0. The molecule has 0 amide bonds. The lowest BCUT2D eigenvalue weighted by Gasteiger charge is -2.04. The minimum atomic E-state index is -0.715. The summed E-state index contributed by atoms with van der Waals surface area (Å²) in [5.74, 6) is -0.349. The van der Waals surface area contributed by atoms with Crippen molar-refractivity contribution in [3.8, 4) is 0 Å². The quantitative estimate of drug-likeness (QED) is 0.326. The Morgan fingerprint density at radius 3 is 1.85 bits per heavy atom. The van der Waals surface area contributed by atoms with Gasteiger partial charge in [-0.15, -0.1) is 0 Å². The average molecular weight is 401 g/mol. The summed E-state index contributed by atoms with van der Waals surface area (Å²) >= 11 is 11.9. The average Bonchev–Trinajstić information content (AvgIpc) is 2.59. The fourth-order valence-electron chi connectivity index (χ4n) is 2.95. The largest absolute Gasteiger partial charge is 0.481 e. The zero-order valence-corrected chi connectivity index (χ0v) is 17.0. The van der Waals surface area contributed by atoms with Gasteiger partial charge in [0.05, 0.1) is 10.0 Å². The van der Waals surface area contributed by atoms with Gasteiger partial charge in [0, 0.05) is 19.3 Å². The maximum absolute atomic E-state index is 11.9. The molecule has 146 valence electrons. The predicted molar refractivity (Wildman–Crippen MR) is 108 cm³/mol. The molecular formula is C21H30Cl2O3. The molecule has 0 fully saturated rings. The molecule has 0 spiro atoms. The summed E-state index contributed by atoms with van der Waals surface area (Å²) in [5.41, 5.74) is 1.19. The van der Waals surface area contributed by atoms with Crippen molar-refractivity contribution in [3.05, 3.63) is 33.8 Å². The minimum Gasteiger partial charge on any atom is -0.481 e. The molecule has 0 aliphatic heterocycles. The van der Waals surface area contributed by atoms with E-state index in [1.54, 1.807) is 0 Å². The number of unbranched alkanes of at least 4 members (excludes halogenated alkanes) is 7. The zero-order chi connectivity index (χ0) is 19.2. The SMILES string of the molecule is O=C(O)CCCCCCCCC(=O)CCCCCc1ccc(Cl)c(Cl)c1. The first-order chi connectivity index (χ1) is 12.5. The molecule has 0 bridgehead atoms. The van der Waals surface area contributed by atoms with Gasteiger partial charge in [-0.2, -0.15) is 0 Å². The molecule has 0 aromatic heterocycles. The van der Waals surface area contributed by atoms with Crippen LogP contribution in [0.4, 0.5) is 0 Å². The van der Waals surface area contributed by atoms with E-state index in [2.05, 4.69) is 0 Å². The van der Waals surface area contributed by atoms with Gasteiger partial charge in [-0.3, -0.25) is 9.59 Å². The summed E-state index contributed by atoms with van der Waals surface area (Å²) in [6.07, 6.45) is 11.6. The van der Waals surface area contributed by atoms with Gasteiger partial charge in [-0.05, 0) is 49.8 Å². The smallest absolute Gasteiger partial charge is 0.303 e. The second-order valence-corrected chi connectivity index (χ2v) is 7.68. The Morgan fingerprint density at radius 2 is 1.27 bits per heavy atom. The summed E-state index contributed by atoms with van der Waals surface area (Å²) in [5, 5.41) is 9.73. The maximum atomic E-state index is 11.9. The number of aryl methyl sites for hydroxylation is 1. The molecule has 26 heavy (non-hydrogen) atoms. The van der Waals surface area contributed by atoms with Gasteiger partial charge >= 0.3 is 5.97 Å². The molecule has 1 rings (SSSR count). The number of carboxylic acids is 1. The predicted octanol–water partition coefficient (Wildman–Crippen LogP) is 6.87. The number of benzene rings is 1. The first-order valence-corrected chi connectivity index (χ1v) is 10.4. The van der Waals surface area contributed by atoms with Crippen molar-refractivity contribution in [2.24, 2.45) is 0 Å². The molecule has 0 radical (unpaired) electrons. The highest BCUT2D eigenvalue weighted by Gasteiger charge is 2.03. The molecule has 0 saturated heterocycles. The lowest BCUT2D eigenvalue weighted by Crippen LogP contribution is -1.98. The van der Waals surface area contributed by atoms with Crippen molar-refractivity contribution in [2.75, 3.05) is 0 Å².